The predicted octanol–water partition coefficient (Wildman–Crippen LogP) is 2.67. The molecule has 1 aliphatic rings. The highest BCUT2D eigenvalue weighted by Gasteiger charge is 2.25. The second-order valence-corrected chi connectivity index (χ2v) is 5.99. The zero-order valence-corrected chi connectivity index (χ0v) is 12.1. The van der Waals surface area contributed by atoms with Gasteiger partial charge in [-0.15, -0.1) is 5.10 Å². The van der Waals surface area contributed by atoms with Crippen molar-refractivity contribution in [3.8, 4) is 11.4 Å². The molecular formula is C15H21N5. The molecule has 2 unspecified atom stereocenters. The molecule has 1 aromatic carbocycles. The Balaban J connectivity index is 1.89. The molecule has 0 saturated heterocycles. The Morgan fingerprint density at radius 1 is 1.30 bits per heavy atom. The first-order chi connectivity index (χ1) is 9.63. The van der Waals surface area contributed by atoms with Crippen molar-refractivity contribution in [2.24, 2.45) is 11.8 Å². The van der Waals surface area contributed by atoms with Gasteiger partial charge in [-0.3, -0.25) is 0 Å². The minimum atomic E-state index is 0.680. The topological polar surface area (TPSA) is 69.6 Å². The molecule has 0 bridgehead atoms. The number of hydrogen-bond donors (Lipinski definition) is 1. The van der Waals surface area contributed by atoms with Crippen molar-refractivity contribution < 1.29 is 0 Å². The Labute approximate surface area is 119 Å². The van der Waals surface area contributed by atoms with Crippen LogP contribution in [0, 0.1) is 18.8 Å². The van der Waals surface area contributed by atoms with Gasteiger partial charge in [-0.1, -0.05) is 19.8 Å². The summed E-state index contributed by atoms with van der Waals surface area (Å²) in [6.07, 6.45) is 3.91. The Bertz CT molecular complexity index is 584. The number of nitrogens with two attached hydrogens (primary N) is 1. The average molecular weight is 271 g/mol. The van der Waals surface area contributed by atoms with Crippen molar-refractivity contribution in [3.05, 3.63) is 23.8 Å². The van der Waals surface area contributed by atoms with Crippen LogP contribution in [0.4, 0.5) is 5.69 Å². The number of nitrogen functional groups attached to an aromatic ring is 1. The van der Waals surface area contributed by atoms with Gasteiger partial charge in [0.1, 0.15) is 0 Å². The number of nitrogens with zero attached hydrogens (tertiary/aromatic N) is 4. The van der Waals surface area contributed by atoms with Gasteiger partial charge in [0.05, 0.1) is 0 Å². The molecule has 3 rings (SSSR count). The SMILES string of the molecule is Cc1cc(N)cc(-c2nnnn2CC2CCCC2C)c1. The molecule has 0 spiro atoms. The van der Waals surface area contributed by atoms with Crippen LogP contribution in [0.1, 0.15) is 31.7 Å². The second-order valence-electron chi connectivity index (χ2n) is 5.99. The van der Waals surface area contributed by atoms with Gasteiger partial charge in [-0.2, -0.15) is 0 Å². The summed E-state index contributed by atoms with van der Waals surface area (Å²) in [6.45, 7) is 5.26. The maximum Gasteiger partial charge on any atom is 0.182 e. The van der Waals surface area contributed by atoms with Crippen molar-refractivity contribution in [1.82, 2.24) is 20.2 Å². The Morgan fingerprint density at radius 3 is 2.85 bits per heavy atom. The summed E-state index contributed by atoms with van der Waals surface area (Å²) in [6, 6.07) is 5.97. The second kappa shape index (κ2) is 5.23. The van der Waals surface area contributed by atoms with Crippen LogP contribution < -0.4 is 5.73 Å². The Hall–Kier alpha value is -1.91. The molecule has 20 heavy (non-hydrogen) atoms. The lowest BCUT2D eigenvalue weighted by molar-refractivity contribution is 0.346. The maximum absolute atomic E-state index is 5.92. The van der Waals surface area contributed by atoms with E-state index in [1.54, 1.807) is 0 Å². The number of aromatic nitrogens is 4. The molecule has 2 aromatic rings. The van der Waals surface area contributed by atoms with E-state index in [0.29, 0.717) is 5.92 Å². The standard InChI is InChI=1S/C15H21N5/c1-10-6-13(8-14(16)7-10)15-17-18-19-20(15)9-12-5-3-4-11(12)2/h6-8,11-12H,3-5,9,16H2,1-2H3. The number of tetrazole rings is 1. The highest BCUT2D eigenvalue weighted by molar-refractivity contribution is 5.62. The van der Waals surface area contributed by atoms with Crippen LogP contribution in [0.25, 0.3) is 11.4 Å². The number of rotatable bonds is 3. The fourth-order valence-electron chi connectivity index (χ4n) is 3.19. The molecule has 1 aliphatic carbocycles. The van der Waals surface area contributed by atoms with E-state index >= 15 is 0 Å². The van der Waals surface area contributed by atoms with E-state index in [0.717, 1.165) is 35.1 Å². The van der Waals surface area contributed by atoms with E-state index in [4.69, 9.17) is 5.73 Å². The van der Waals surface area contributed by atoms with Crippen LogP contribution in [-0.2, 0) is 6.54 Å². The van der Waals surface area contributed by atoms with Crippen LogP contribution in [0.5, 0.6) is 0 Å². The van der Waals surface area contributed by atoms with Gasteiger partial charge in [-0.05, 0) is 59.4 Å². The molecule has 1 heterocycles. The predicted molar refractivity (Wildman–Crippen MR) is 78.9 cm³/mol. The molecule has 106 valence electrons. The number of anilines is 1. The third kappa shape index (κ3) is 2.53. The molecule has 2 atom stereocenters. The van der Waals surface area contributed by atoms with E-state index in [1.807, 2.05) is 23.7 Å². The Morgan fingerprint density at radius 2 is 2.15 bits per heavy atom. The summed E-state index contributed by atoms with van der Waals surface area (Å²) in [5, 5.41) is 12.2. The lowest BCUT2D eigenvalue weighted by atomic mass is 9.98. The van der Waals surface area contributed by atoms with Gasteiger partial charge in [0.25, 0.3) is 0 Å². The Kier molecular flexibility index (Phi) is 3.42. The number of benzene rings is 1. The zero-order chi connectivity index (χ0) is 14.1. The van der Waals surface area contributed by atoms with Crippen LogP contribution >= 0.6 is 0 Å². The highest BCUT2D eigenvalue weighted by atomic mass is 15.5. The van der Waals surface area contributed by atoms with Crippen molar-refractivity contribution in [2.75, 3.05) is 5.73 Å². The van der Waals surface area contributed by atoms with Crippen molar-refractivity contribution >= 4 is 5.69 Å². The van der Waals surface area contributed by atoms with Crippen molar-refractivity contribution in [3.63, 3.8) is 0 Å². The third-order valence-electron chi connectivity index (χ3n) is 4.34. The van der Waals surface area contributed by atoms with Crippen LogP contribution in [0.2, 0.25) is 0 Å². The molecule has 5 nitrogen and oxygen atoms in total. The highest BCUT2D eigenvalue weighted by Crippen LogP contribution is 2.33. The normalized spacial score (nSPS) is 22.3. The monoisotopic (exact) mass is 271 g/mol. The maximum atomic E-state index is 5.92. The fraction of sp³-hybridized carbons (Fsp3) is 0.533. The van der Waals surface area contributed by atoms with E-state index in [2.05, 4.69) is 28.5 Å². The quantitative estimate of drug-likeness (QED) is 0.871. The first-order valence-corrected chi connectivity index (χ1v) is 7.27. The molecule has 1 fully saturated rings. The summed E-state index contributed by atoms with van der Waals surface area (Å²) in [7, 11) is 0. The van der Waals surface area contributed by atoms with Gasteiger partial charge in [0.15, 0.2) is 5.82 Å². The lowest BCUT2D eigenvalue weighted by Crippen LogP contribution is -2.15. The van der Waals surface area contributed by atoms with E-state index in [9.17, 15) is 0 Å². The molecule has 2 N–H and O–H groups in total. The minimum absolute atomic E-state index is 0.680. The summed E-state index contributed by atoms with van der Waals surface area (Å²) in [5.74, 6) is 2.26. The fourth-order valence-corrected chi connectivity index (χ4v) is 3.19. The van der Waals surface area contributed by atoms with Crippen LogP contribution in [0.3, 0.4) is 0 Å². The first kappa shape index (κ1) is 13.1. The van der Waals surface area contributed by atoms with Gasteiger partial charge in [0.2, 0.25) is 0 Å². The van der Waals surface area contributed by atoms with Gasteiger partial charge in [0, 0.05) is 17.8 Å². The summed E-state index contributed by atoms with van der Waals surface area (Å²) >= 11 is 0. The summed E-state index contributed by atoms with van der Waals surface area (Å²) in [4.78, 5) is 0. The van der Waals surface area contributed by atoms with E-state index < -0.39 is 0 Å². The van der Waals surface area contributed by atoms with E-state index in [1.165, 1.54) is 19.3 Å². The summed E-state index contributed by atoms with van der Waals surface area (Å²) in [5.41, 5.74) is 8.80. The number of aryl methyl sites for hydroxylation is 1. The zero-order valence-electron chi connectivity index (χ0n) is 12.1. The third-order valence-corrected chi connectivity index (χ3v) is 4.34. The molecule has 0 amide bonds. The number of hydrogen-bond acceptors (Lipinski definition) is 4. The summed E-state index contributed by atoms with van der Waals surface area (Å²) < 4.78 is 1.93. The average Bonchev–Trinajstić information content (AvgIpc) is 2.99. The van der Waals surface area contributed by atoms with Crippen molar-refractivity contribution in [1.29, 1.82) is 0 Å². The minimum Gasteiger partial charge on any atom is -0.399 e. The molecule has 0 aliphatic heterocycles. The smallest absolute Gasteiger partial charge is 0.182 e. The molecule has 0 radical (unpaired) electrons. The molecule has 1 aromatic heterocycles. The molecule has 5 heteroatoms. The van der Waals surface area contributed by atoms with Crippen LogP contribution in [-0.4, -0.2) is 20.2 Å². The molecular weight excluding hydrogens is 250 g/mol. The van der Waals surface area contributed by atoms with Gasteiger partial charge in [-0.25, -0.2) is 4.68 Å². The van der Waals surface area contributed by atoms with Gasteiger partial charge >= 0.3 is 0 Å². The van der Waals surface area contributed by atoms with Gasteiger partial charge < -0.3 is 5.73 Å². The largest absolute Gasteiger partial charge is 0.399 e. The van der Waals surface area contributed by atoms with E-state index in [-0.39, 0.29) is 0 Å². The lowest BCUT2D eigenvalue weighted by Gasteiger charge is -2.15. The first-order valence-electron chi connectivity index (χ1n) is 7.27. The van der Waals surface area contributed by atoms with Crippen LogP contribution in [0.15, 0.2) is 18.2 Å². The van der Waals surface area contributed by atoms with Crippen molar-refractivity contribution in [2.45, 2.75) is 39.7 Å². The molecule has 1 saturated carbocycles.